The zero-order valence-electron chi connectivity index (χ0n) is 21.3. The van der Waals surface area contributed by atoms with Crippen molar-refractivity contribution in [3.8, 4) is 17.1 Å². The van der Waals surface area contributed by atoms with Gasteiger partial charge in [-0.15, -0.1) is 0 Å². The molecule has 194 valence electrons. The molecule has 1 amide bonds. The molecule has 37 heavy (non-hydrogen) atoms. The number of ether oxygens (including phenoxy) is 1. The van der Waals surface area contributed by atoms with Crippen LogP contribution in [-0.2, 0) is 10.0 Å². The predicted molar refractivity (Wildman–Crippen MR) is 141 cm³/mol. The maximum Gasteiger partial charge on any atom is 0.264 e. The average Bonchev–Trinajstić information content (AvgIpc) is 3.05. The summed E-state index contributed by atoms with van der Waals surface area (Å²) in [5.74, 6) is -0.0497. The van der Waals surface area contributed by atoms with E-state index in [9.17, 15) is 13.2 Å². The third-order valence-corrected chi connectivity index (χ3v) is 8.07. The third kappa shape index (κ3) is 5.30. The molecule has 0 unspecified atom stereocenters. The van der Waals surface area contributed by atoms with Crippen LogP contribution in [0.25, 0.3) is 11.3 Å². The fourth-order valence-corrected chi connectivity index (χ4v) is 6.01. The molecule has 10 heteroatoms. The Morgan fingerprint density at radius 2 is 1.78 bits per heavy atom. The van der Waals surface area contributed by atoms with Crippen molar-refractivity contribution in [2.24, 2.45) is 0 Å². The number of nitrogens with one attached hydrogen (secondary N) is 1. The minimum absolute atomic E-state index is 0.0277. The van der Waals surface area contributed by atoms with Crippen LogP contribution < -0.4 is 9.46 Å². The molecule has 0 spiro atoms. The highest BCUT2D eigenvalue weighted by molar-refractivity contribution is 7.92. The van der Waals surface area contributed by atoms with Gasteiger partial charge in [0.2, 0.25) is 11.8 Å². The highest BCUT2D eigenvalue weighted by Gasteiger charge is 2.30. The van der Waals surface area contributed by atoms with E-state index < -0.39 is 10.0 Å². The van der Waals surface area contributed by atoms with Crippen LogP contribution >= 0.6 is 0 Å². The number of rotatable bonds is 3. The van der Waals surface area contributed by atoms with Crippen LogP contribution in [0.15, 0.2) is 53.4 Å². The molecule has 1 atom stereocenters. The topological polar surface area (TPSA) is 105 Å². The summed E-state index contributed by atoms with van der Waals surface area (Å²) in [6.45, 7) is 9.21. The van der Waals surface area contributed by atoms with Gasteiger partial charge >= 0.3 is 0 Å². The lowest BCUT2D eigenvalue weighted by molar-refractivity contribution is 0.0690. The Kier molecular flexibility index (Phi) is 6.87. The number of hydrogen-bond acceptors (Lipinski definition) is 7. The number of carbonyl (C=O) groups excluding carboxylic acids is 1. The number of benzene rings is 2. The van der Waals surface area contributed by atoms with Gasteiger partial charge in [0.05, 0.1) is 17.1 Å². The molecular formula is C27H31N5O4S. The SMILES string of the molecule is CCCN1CCN2C[C@@H](C1)Oc1cc(-c3c(C)cccc3C)nc(n1)NS(=O)(=O)c1cccc(c1)C2=O. The van der Waals surface area contributed by atoms with E-state index in [2.05, 4.69) is 26.5 Å². The van der Waals surface area contributed by atoms with Crippen LogP contribution in [0.2, 0.25) is 0 Å². The fourth-order valence-electron chi connectivity index (χ4n) is 5.02. The number of sulfonamides is 1. The number of fused-ring (bicyclic) bond motifs is 6. The quantitative estimate of drug-likeness (QED) is 0.563. The van der Waals surface area contributed by atoms with Crippen LogP contribution in [0.5, 0.6) is 5.88 Å². The van der Waals surface area contributed by atoms with Crippen LogP contribution in [0.4, 0.5) is 5.95 Å². The van der Waals surface area contributed by atoms with Gasteiger partial charge in [0.15, 0.2) is 0 Å². The van der Waals surface area contributed by atoms with E-state index in [0.717, 1.165) is 29.7 Å². The molecule has 1 aromatic heterocycles. The maximum absolute atomic E-state index is 13.5. The zero-order chi connectivity index (χ0) is 26.2. The van der Waals surface area contributed by atoms with Crippen molar-refractivity contribution in [1.29, 1.82) is 0 Å². The molecule has 2 aromatic carbocycles. The van der Waals surface area contributed by atoms with Crippen LogP contribution in [-0.4, -0.2) is 72.9 Å². The molecule has 2 aliphatic rings. The molecule has 9 nitrogen and oxygen atoms in total. The van der Waals surface area contributed by atoms with Gasteiger partial charge in [-0.2, -0.15) is 4.98 Å². The van der Waals surface area contributed by atoms with E-state index in [-0.39, 0.29) is 28.7 Å². The number of hydrogen-bond donors (Lipinski definition) is 1. The Morgan fingerprint density at radius 1 is 1.03 bits per heavy atom. The average molecular weight is 522 g/mol. The van der Waals surface area contributed by atoms with Crippen LogP contribution in [0, 0.1) is 13.8 Å². The van der Waals surface area contributed by atoms with E-state index in [1.54, 1.807) is 23.1 Å². The summed E-state index contributed by atoms with van der Waals surface area (Å²) in [5.41, 5.74) is 3.78. The van der Waals surface area contributed by atoms with Crippen molar-refractivity contribution in [2.75, 3.05) is 37.4 Å². The Balaban J connectivity index is 1.67. The fraction of sp³-hybridized carbons (Fsp3) is 0.370. The summed E-state index contributed by atoms with van der Waals surface area (Å²) >= 11 is 0. The Labute approximate surface area is 217 Å². The lowest BCUT2D eigenvalue weighted by atomic mass is 10.00. The second-order valence-corrected chi connectivity index (χ2v) is 11.3. The van der Waals surface area contributed by atoms with Crippen molar-refractivity contribution >= 4 is 21.9 Å². The van der Waals surface area contributed by atoms with Crippen molar-refractivity contribution in [3.63, 3.8) is 0 Å². The summed E-state index contributed by atoms with van der Waals surface area (Å²) < 4.78 is 35.5. The first-order valence-electron chi connectivity index (χ1n) is 12.5. The number of carbonyl (C=O) groups is 1. The standard InChI is InChI=1S/C27H31N5O4S/c1-4-11-31-12-13-32-17-21(16-31)36-24-15-23(25-18(2)7-5-8-19(25)3)28-27(29-24)30-37(34,35)22-10-6-9-20(14-22)26(32)33/h5-10,14-15,21H,4,11-13,16-17H2,1-3H3,(H,28,29,30)/t21-/m1/s1. The number of aromatic nitrogens is 2. The molecule has 3 heterocycles. The molecular weight excluding hydrogens is 490 g/mol. The molecule has 6 bridgehead atoms. The molecule has 1 saturated heterocycles. The van der Waals surface area contributed by atoms with Crippen molar-refractivity contribution in [3.05, 3.63) is 65.2 Å². The predicted octanol–water partition coefficient (Wildman–Crippen LogP) is 3.49. The highest BCUT2D eigenvalue weighted by Crippen LogP contribution is 2.30. The number of amides is 1. The normalized spacial score (nSPS) is 19.5. The minimum atomic E-state index is -4.06. The smallest absolute Gasteiger partial charge is 0.264 e. The first kappa shape index (κ1) is 25.2. The Morgan fingerprint density at radius 3 is 2.54 bits per heavy atom. The molecule has 1 N–H and O–H groups in total. The maximum atomic E-state index is 13.5. The van der Waals surface area contributed by atoms with Crippen LogP contribution in [0.1, 0.15) is 34.8 Å². The van der Waals surface area contributed by atoms with E-state index in [4.69, 9.17) is 4.74 Å². The largest absolute Gasteiger partial charge is 0.471 e. The summed E-state index contributed by atoms with van der Waals surface area (Å²) in [5, 5.41) is 0. The number of anilines is 1. The van der Waals surface area contributed by atoms with E-state index in [1.807, 2.05) is 32.0 Å². The van der Waals surface area contributed by atoms with Gasteiger partial charge in [-0.25, -0.2) is 18.1 Å². The molecule has 5 rings (SSSR count). The van der Waals surface area contributed by atoms with Crippen molar-refractivity contribution < 1.29 is 17.9 Å². The number of aryl methyl sites for hydroxylation is 2. The first-order valence-corrected chi connectivity index (χ1v) is 14.0. The molecule has 0 aliphatic carbocycles. The van der Waals surface area contributed by atoms with Gasteiger partial charge < -0.3 is 9.64 Å². The second-order valence-electron chi connectivity index (χ2n) is 9.61. The van der Waals surface area contributed by atoms with Crippen LogP contribution in [0.3, 0.4) is 0 Å². The molecule has 0 radical (unpaired) electrons. The van der Waals surface area contributed by atoms with E-state index in [1.165, 1.54) is 12.1 Å². The monoisotopic (exact) mass is 521 g/mol. The zero-order valence-corrected chi connectivity index (χ0v) is 22.1. The first-order chi connectivity index (χ1) is 17.7. The minimum Gasteiger partial charge on any atom is -0.471 e. The highest BCUT2D eigenvalue weighted by atomic mass is 32.2. The Hall–Kier alpha value is -3.50. The van der Waals surface area contributed by atoms with Crippen molar-refractivity contribution in [1.82, 2.24) is 19.8 Å². The number of nitrogens with zero attached hydrogens (tertiary/aromatic N) is 4. The van der Waals surface area contributed by atoms with Gasteiger partial charge in [-0.1, -0.05) is 31.2 Å². The summed E-state index contributed by atoms with van der Waals surface area (Å²) in [7, 11) is -4.06. The molecule has 3 aromatic rings. The van der Waals surface area contributed by atoms with Gasteiger partial charge in [0.1, 0.15) is 6.10 Å². The lowest BCUT2D eigenvalue weighted by Gasteiger charge is -2.25. The van der Waals surface area contributed by atoms with Gasteiger partial charge in [0, 0.05) is 36.8 Å². The Bertz CT molecular complexity index is 1420. The van der Waals surface area contributed by atoms with Gasteiger partial charge in [0.25, 0.3) is 15.9 Å². The lowest BCUT2D eigenvalue weighted by Crippen LogP contribution is -2.40. The summed E-state index contributed by atoms with van der Waals surface area (Å²) in [4.78, 5) is 26.5. The van der Waals surface area contributed by atoms with Gasteiger partial charge in [-0.3, -0.25) is 9.69 Å². The summed E-state index contributed by atoms with van der Waals surface area (Å²) in [6.07, 6.45) is 0.630. The van der Waals surface area contributed by atoms with E-state index in [0.29, 0.717) is 37.4 Å². The molecule has 1 fully saturated rings. The second kappa shape index (κ2) is 10.1. The van der Waals surface area contributed by atoms with Gasteiger partial charge in [-0.05, 0) is 56.1 Å². The van der Waals surface area contributed by atoms with Crippen molar-refractivity contribution in [2.45, 2.75) is 38.2 Å². The molecule has 2 aliphatic heterocycles. The third-order valence-electron chi connectivity index (χ3n) is 6.74. The summed E-state index contributed by atoms with van der Waals surface area (Å²) in [6, 6.07) is 13.8. The van der Waals surface area contributed by atoms with E-state index >= 15 is 0 Å². The molecule has 0 saturated carbocycles.